The van der Waals surface area contributed by atoms with Gasteiger partial charge in [0.15, 0.2) is 0 Å². The fourth-order valence-corrected chi connectivity index (χ4v) is 1.45. The molecule has 0 saturated carbocycles. The molecule has 0 fully saturated rings. The Kier molecular flexibility index (Phi) is 3.82. The lowest BCUT2D eigenvalue weighted by Crippen LogP contribution is -2.08. The molecule has 1 radical (unpaired) electrons. The first kappa shape index (κ1) is 11.4. The van der Waals surface area contributed by atoms with Gasteiger partial charge in [-0.25, -0.2) is 0 Å². The first-order chi connectivity index (χ1) is 6.50. The predicted octanol–water partition coefficient (Wildman–Crippen LogP) is 4.06. The van der Waals surface area contributed by atoms with Crippen LogP contribution in [0.25, 0.3) is 0 Å². The minimum absolute atomic E-state index is 0.175. The van der Waals surface area contributed by atoms with Crippen molar-refractivity contribution >= 4 is 11.6 Å². The Hall–Kier alpha value is -0.690. The molecule has 0 aliphatic heterocycles. The summed E-state index contributed by atoms with van der Waals surface area (Å²) in [4.78, 5) is 0. The van der Waals surface area contributed by atoms with Crippen LogP contribution in [0.15, 0.2) is 18.2 Å². The minimum Gasteiger partial charge on any atom is -0.491 e. The normalized spacial score (nSPS) is 11.1. The molecule has 1 rings (SSSR count). The molecule has 1 unspecified atom stereocenters. The first-order valence-electron chi connectivity index (χ1n) is 4.80. The van der Waals surface area contributed by atoms with Crippen LogP contribution < -0.4 is 4.74 Å². The van der Waals surface area contributed by atoms with Crippen LogP contribution in [0.5, 0.6) is 5.75 Å². The molecule has 1 nitrogen and oxygen atoms in total. The number of hydrogen-bond donors (Lipinski definition) is 0. The van der Waals surface area contributed by atoms with Crippen molar-refractivity contribution in [1.29, 1.82) is 0 Å². The summed E-state index contributed by atoms with van der Waals surface area (Å²) in [6.45, 7) is 10.0. The van der Waals surface area contributed by atoms with E-state index in [0.29, 0.717) is 0 Å². The Morgan fingerprint density at radius 3 is 2.43 bits per heavy atom. The zero-order valence-corrected chi connectivity index (χ0v) is 9.64. The van der Waals surface area contributed by atoms with E-state index < -0.39 is 0 Å². The molecule has 0 N–H and O–H groups in total. The zero-order valence-electron chi connectivity index (χ0n) is 8.88. The number of halogens is 1. The van der Waals surface area contributed by atoms with Gasteiger partial charge in [0.25, 0.3) is 0 Å². The smallest absolute Gasteiger partial charge is 0.123 e. The highest BCUT2D eigenvalue weighted by molar-refractivity contribution is 6.30. The zero-order chi connectivity index (χ0) is 10.7. The third-order valence-electron chi connectivity index (χ3n) is 1.87. The Morgan fingerprint density at radius 2 is 1.93 bits per heavy atom. The van der Waals surface area contributed by atoms with E-state index in [0.717, 1.165) is 16.3 Å². The second-order valence-corrected chi connectivity index (χ2v) is 4.19. The van der Waals surface area contributed by atoms with Gasteiger partial charge in [0, 0.05) is 5.02 Å². The maximum Gasteiger partial charge on any atom is 0.123 e. The summed E-state index contributed by atoms with van der Waals surface area (Å²) in [6, 6.07) is 5.65. The summed E-state index contributed by atoms with van der Waals surface area (Å²) in [5, 5.41) is 0.728. The van der Waals surface area contributed by atoms with Crippen molar-refractivity contribution in [2.24, 2.45) is 0 Å². The van der Waals surface area contributed by atoms with E-state index in [1.165, 1.54) is 0 Å². The monoisotopic (exact) mass is 211 g/mol. The lowest BCUT2D eigenvalue weighted by atomic mass is 10.0. The second kappa shape index (κ2) is 4.70. The van der Waals surface area contributed by atoms with Gasteiger partial charge in [0.2, 0.25) is 0 Å². The molecule has 1 aromatic rings. The van der Waals surface area contributed by atoms with E-state index in [4.69, 9.17) is 16.3 Å². The molecule has 0 aliphatic rings. The molecule has 0 aromatic heterocycles. The molecule has 0 aliphatic carbocycles. The summed E-state index contributed by atoms with van der Waals surface area (Å²) in [6.07, 6.45) is 0.175. The average molecular weight is 212 g/mol. The van der Waals surface area contributed by atoms with Crippen molar-refractivity contribution in [1.82, 2.24) is 0 Å². The van der Waals surface area contributed by atoms with Crippen molar-refractivity contribution < 1.29 is 4.74 Å². The number of rotatable bonds is 3. The number of ether oxygens (including phenoxy) is 1. The van der Waals surface area contributed by atoms with Crippen molar-refractivity contribution in [3.63, 3.8) is 0 Å². The highest BCUT2D eigenvalue weighted by Gasteiger charge is 2.09. The molecule has 0 bridgehead atoms. The van der Waals surface area contributed by atoms with Gasteiger partial charge in [-0.3, -0.25) is 0 Å². The highest BCUT2D eigenvalue weighted by atomic mass is 35.5. The molecule has 2 heteroatoms. The number of benzene rings is 1. The van der Waals surface area contributed by atoms with Crippen LogP contribution in [0.3, 0.4) is 0 Å². The first-order valence-corrected chi connectivity index (χ1v) is 5.17. The molecular formula is C12H16ClO. The van der Waals surface area contributed by atoms with Gasteiger partial charge >= 0.3 is 0 Å². The lowest BCUT2D eigenvalue weighted by Gasteiger charge is -2.16. The summed E-state index contributed by atoms with van der Waals surface area (Å²) in [5.41, 5.74) is 1.06. The fraction of sp³-hybridized carbons (Fsp3) is 0.417. The van der Waals surface area contributed by atoms with Crippen LogP contribution in [0, 0.1) is 6.92 Å². The van der Waals surface area contributed by atoms with Gasteiger partial charge < -0.3 is 4.74 Å². The number of hydrogen-bond acceptors (Lipinski definition) is 1. The van der Waals surface area contributed by atoms with Crippen molar-refractivity contribution in [2.45, 2.75) is 32.8 Å². The molecule has 1 aromatic carbocycles. The van der Waals surface area contributed by atoms with Crippen molar-refractivity contribution in [3.8, 4) is 5.75 Å². The molecule has 77 valence electrons. The molecule has 14 heavy (non-hydrogen) atoms. The van der Waals surface area contributed by atoms with E-state index >= 15 is 0 Å². The summed E-state index contributed by atoms with van der Waals surface area (Å²) >= 11 is 5.91. The topological polar surface area (TPSA) is 9.23 Å². The third kappa shape index (κ3) is 2.91. The van der Waals surface area contributed by atoms with Gasteiger partial charge in [0.1, 0.15) is 5.75 Å². The Bertz CT molecular complexity index is 305. The molecule has 0 amide bonds. The lowest BCUT2D eigenvalue weighted by molar-refractivity contribution is 0.239. The Labute approximate surface area is 91.0 Å². The predicted molar refractivity (Wildman–Crippen MR) is 61.0 cm³/mol. The molecule has 0 spiro atoms. The van der Waals surface area contributed by atoms with Crippen molar-refractivity contribution in [3.05, 3.63) is 35.7 Å². The fourth-order valence-electron chi connectivity index (χ4n) is 1.27. The van der Waals surface area contributed by atoms with Crippen molar-refractivity contribution in [2.75, 3.05) is 0 Å². The molecule has 1 atom stereocenters. The SMILES string of the molecule is [CH2]C(C)c1cc(Cl)ccc1OC(C)C. The van der Waals surface area contributed by atoms with Crippen LogP contribution in [-0.2, 0) is 0 Å². The molecule has 0 saturated heterocycles. The summed E-state index contributed by atoms with van der Waals surface area (Å²) in [5.74, 6) is 1.06. The maximum absolute atomic E-state index is 5.91. The van der Waals surface area contributed by atoms with Gasteiger partial charge in [0.05, 0.1) is 6.10 Å². The van der Waals surface area contributed by atoms with E-state index in [9.17, 15) is 0 Å². The summed E-state index contributed by atoms with van der Waals surface area (Å²) in [7, 11) is 0. The van der Waals surface area contributed by atoms with E-state index in [1.807, 2.05) is 39.0 Å². The standard InChI is InChI=1S/C12H16ClO/c1-8(2)11-7-10(13)5-6-12(11)14-9(3)4/h5-9H,1H2,2-4H3. The van der Waals surface area contributed by atoms with Crippen LogP contribution in [0.1, 0.15) is 32.3 Å². The van der Waals surface area contributed by atoms with E-state index in [-0.39, 0.29) is 12.0 Å². The van der Waals surface area contributed by atoms with Crippen LogP contribution >= 0.6 is 11.6 Å². The third-order valence-corrected chi connectivity index (χ3v) is 2.10. The van der Waals surface area contributed by atoms with Crippen LogP contribution in [-0.4, -0.2) is 6.10 Å². The van der Waals surface area contributed by atoms with E-state index in [1.54, 1.807) is 0 Å². The quantitative estimate of drug-likeness (QED) is 0.733. The molecular weight excluding hydrogens is 196 g/mol. The van der Waals surface area contributed by atoms with E-state index in [2.05, 4.69) is 6.92 Å². The molecule has 0 heterocycles. The Morgan fingerprint density at radius 1 is 1.29 bits per heavy atom. The van der Waals surface area contributed by atoms with Gasteiger partial charge in [-0.05, 0) is 50.5 Å². The second-order valence-electron chi connectivity index (χ2n) is 3.75. The average Bonchev–Trinajstić information content (AvgIpc) is 2.07. The highest BCUT2D eigenvalue weighted by Crippen LogP contribution is 2.29. The van der Waals surface area contributed by atoms with Gasteiger partial charge in [-0.2, -0.15) is 0 Å². The van der Waals surface area contributed by atoms with Gasteiger partial charge in [-0.15, -0.1) is 0 Å². The maximum atomic E-state index is 5.91. The van der Waals surface area contributed by atoms with Crippen LogP contribution in [0.4, 0.5) is 0 Å². The largest absolute Gasteiger partial charge is 0.491 e. The minimum atomic E-state index is 0.175. The van der Waals surface area contributed by atoms with Gasteiger partial charge in [-0.1, -0.05) is 18.5 Å². The van der Waals surface area contributed by atoms with Crippen LogP contribution in [0.2, 0.25) is 5.02 Å². The Balaban J connectivity index is 3.02. The summed E-state index contributed by atoms with van der Waals surface area (Å²) < 4.78 is 5.66.